The highest BCUT2D eigenvalue weighted by Crippen LogP contribution is 2.38. The van der Waals surface area contributed by atoms with Gasteiger partial charge in [0.15, 0.2) is 0 Å². The Morgan fingerprint density at radius 1 is 1.32 bits per heavy atom. The fraction of sp³-hybridized carbons (Fsp3) is 0.550. The Kier molecular flexibility index (Phi) is 6.13. The van der Waals surface area contributed by atoms with Crippen LogP contribution in [0, 0.1) is 5.92 Å². The first-order valence-corrected chi connectivity index (χ1v) is 9.98. The molecule has 1 aromatic rings. The van der Waals surface area contributed by atoms with E-state index in [0.29, 0.717) is 30.3 Å². The molecule has 1 saturated carbocycles. The summed E-state index contributed by atoms with van der Waals surface area (Å²) in [5.41, 5.74) is -0.841. The number of imide groups is 1. The van der Waals surface area contributed by atoms with Gasteiger partial charge < -0.3 is 15.0 Å². The third-order valence-corrected chi connectivity index (χ3v) is 5.98. The number of hydrogen-bond donors (Lipinski definition) is 1. The fourth-order valence-electron chi connectivity index (χ4n) is 3.85. The number of urea groups is 1. The van der Waals surface area contributed by atoms with Gasteiger partial charge in [-0.1, -0.05) is 31.4 Å². The zero-order valence-electron chi connectivity index (χ0n) is 16.2. The summed E-state index contributed by atoms with van der Waals surface area (Å²) in [6, 6.07) is 6.49. The Hall–Kier alpha value is -2.28. The maximum absolute atomic E-state index is 12.9. The van der Waals surface area contributed by atoms with E-state index in [2.05, 4.69) is 5.32 Å². The summed E-state index contributed by atoms with van der Waals surface area (Å²) < 4.78 is 5.59. The predicted octanol–water partition coefficient (Wildman–Crippen LogP) is 2.68. The second-order valence-electron chi connectivity index (χ2n) is 7.56. The van der Waals surface area contributed by atoms with E-state index >= 15 is 0 Å². The molecule has 28 heavy (non-hydrogen) atoms. The number of carbonyl (C=O) groups is 3. The molecule has 1 spiro atoms. The molecule has 4 amide bonds. The van der Waals surface area contributed by atoms with Gasteiger partial charge in [0, 0.05) is 12.1 Å². The van der Waals surface area contributed by atoms with Crippen LogP contribution in [0.25, 0.3) is 0 Å². The average Bonchev–Trinajstić information content (AvgIpc) is 2.90. The maximum atomic E-state index is 12.9. The first-order chi connectivity index (χ1) is 13.3. The minimum absolute atomic E-state index is 0.0725. The molecule has 2 fully saturated rings. The summed E-state index contributed by atoms with van der Waals surface area (Å²) >= 11 is 5.83. The minimum Gasteiger partial charge on any atom is -0.492 e. The van der Waals surface area contributed by atoms with Crippen molar-refractivity contribution in [3.05, 3.63) is 29.3 Å². The van der Waals surface area contributed by atoms with Gasteiger partial charge in [0.25, 0.3) is 5.91 Å². The molecule has 1 aliphatic carbocycles. The molecule has 1 N–H and O–H groups in total. The third kappa shape index (κ3) is 4.09. The lowest BCUT2D eigenvalue weighted by Crippen LogP contribution is -2.54. The van der Waals surface area contributed by atoms with Crippen LogP contribution in [0.2, 0.25) is 5.02 Å². The van der Waals surface area contributed by atoms with E-state index in [1.165, 1.54) is 4.90 Å². The molecule has 1 aliphatic heterocycles. The number of nitrogens with zero attached hydrogens (tertiary/aromatic N) is 2. The lowest BCUT2D eigenvalue weighted by molar-refractivity contribution is -0.140. The first-order valence-electron chi connectivity index (χ1n) is 9.60. The van der Waals surface area contributed by atoms with Crippen LogP contribution >= 0.6 is 11.6 Å². The topological polar surface area (TPSA) is 79.0 Å². The van der Waals surface area contributed by atoms with Crippen molar-refractivity contribution in [2.75, 3.05) is 26.7 Å². The SMILES string of the molecule is C[C@H]1CCCC[C@@]12NC(=O)N(CC(=O)N(C)CCOc1ccc(Cl)cc1)C2=O. The molecule has 1 aromatic carbocycles. The maximum Gasteiger partial charge on any atom is 0.325 e. The molecule has 152 valence electrons. The molecule has 1 saturated heterocycles. The molecule has 8 heteroatoms. The second-order valence-corrected chi connectivity index (χ2v) is 7.99. The molecular formula is C20H26ClN3O4. The zero-order chi connectivity index (χ0) is 20.3. The van der Waals surface area contributed by atoms with Crippen LogP contribution in [0.4, 0.5) is 4.79 Å². The van der Waals surface area contributed by atoms with Crippen LogP contribution in [0.15, 0.2) is 24.3 Å². The van der Waals surface area contributed by atoms with Gasteiger partial charge in [-0.2, -0.15) is 0 Å². The van der Waals surface area contributed by atoms with Crippen molar-refractivity contribution >= 4 is 29.4 Å². The van der Waals surface area contributed by atoms with E-state index in [0.717, 1.165) is 24.2 Å². The molecule has 7 nitrogen and oxygen atoms in total. The van der Waals surface area contributed by atoms with Crippen LogP contribution < -0.4 is 10.1 Å². The molecule has 2 atom stereocenters. The average molecular weight is 408 g/mol. The van der Waals surface area contributed by atoms with E-state index in [-0.39, 0.29) is 24.3 Å². The van der Waals surface area contributed by atoms with E-state index in [1.807, 2.05) is 6.92 Å². The quantitative estimate of drug-likeness (QED) is 0.735. The van der Waals surface area contributed by atoms with Crippen molar-refractivity contribution in [3.63, 3.8) is 0 Å². The molecule has 0 radical (unpaired) electrons. The van der Waals surface area contributed by atoms with Gasteiger partial charge in [0.2, 0.25) is 5.91 Å². The predicted molar refractivity (Wildman–Crippen MR) is 105 cm³/mol. The molecule has 0 bridgehead atoms. The molecule has 2 aliphatic rings. The second kappa shape index (κ2) is 8.39. The third-order valence-electron chi connectivity index (χ3n) is 5.73. The van der Waals surface area contributed by atoms with Crippen LogP contribution in [0.3, 0.4) is 0 Å². The van der Waals surface area contributed by atoms with Gasteiger partial charge in [-0.3, -0.25) is 14.5 Å². The van der Waals surface area contributed by atoms with Gasteiger partial charge in [0.05, 0.1) is 6.54 Å². The van der Waals surface area contributed by atoms with Gasteiger partial charge in [0.1, 0.15) is 24.4 Å². The highest BCUT2D eigenvalue weighted by molar-refractivity contribution is 6.30. The fourth-order valence-corrected chi connectivity index (χ4v) is 3.98. The van der Waals surface area contributed by atoms with Crippen LogP contribution in [-0.2, 0) is 9.59 Å². The van der Waals surface area contributed by atoms with E-state index in [9.17, 15) is 14.4 Å². The Balaban J connectivity index is 1.52. The van der Waals surface area contributed by atoms with Crippen LogP contribution in [0.1, 0.15) is 32.6 Å². The lowest BCUT2D eigenvalue weighted by atomic mass is 9.73. The zero-order valence-corrected chi connectivity index (χ0v) is 17.0. The minimum atomic E-state index is -0.841. The van der Waals surface area contributed by atoms with Gasteiger partial charge in [-0.05, 0) is 43.0 Å². The summed E-state index contributed by atoms with van der Waals surface area (Å²) in [6.45, 7) is 2.37. The number of benzene rings is 1. The monoisotopic (exact) mass is 407 g/mol. The summed E-state index contributed by atoms with van der Waals surface area (Å²) in [4.78, 5) is 40.3. The number of amides is 4. The summed E-state index contributed by atoms with van der Waals surface area (Å²) in [5.74, 6) is 0.156. The largest absolute Gasteiger partial charge is 0.492 e. The lowest BCUT2D eigenvalue weighted by Gasteiger charge is -2.36. The Bertz CT molecular complexity index is 754. The highest BCUT2D eigenvalue weighted by atomic mass is 35.5. The van der Waals surface area contributed by atoms with Gasteiger partial charge >= 0.3 is 6.03 Å². The molecule has 3 rings (SSSR count). The summed E-state index contributed by atoms with van der Waals surface area (Å²) in [6.07, 6.45) is 3.49. The molecule has 1 heterocycles. The van der Waals surface area contributed by atoms with Gasteiger partial charge in [-0.15, -0.1) is 0 Å². The summed E-state index contributed by atoms with van der Waals surface area (Å²) in [7, 11) is 1.63. The van der Waals surface area contributed by atoms with Crippen molar-refractivity contribution in [3.8, 4) is 5.75 Å². The van der Waals surface area contributed by atoms with Crippen LogP contribution in [0.5, 0.6) is 5.75 Å². The number of halogens is 1. The van der Waals surface area contributed by atoms with Gasteiger partial charge in [-0.25, -0.2) is 4.79 Å². The van der Waals surface area contributed by atoms with Crippen molar-refractivity contribution in [1.82, 2.24) is 15.1 Å². The van der Waals surface area contributed by atoms with E-state index in [4.69, 9.17) is 16.3 Å². The Morgan fingerprint density at radius 2 is 2.04 bits per heavy atom. The number of rotatable bonds is 6. The molecule has 0 aromatic heterocycles. The summed E-state index contributed by atoms with van der Waals surface area (Å²) in [5, 5.41) is 3.49. The van der Waals surface area contributed by atoms with Crippen molar-refractivity contribution in [2.45, 2.75) is 38.1 Å². The van der Waals surface area contributed by atoms with E-state index in [1.54, 1.807) is 31.3 Å². The van der Waals surface area contributed by atoms with Crippen molar-refractivity contribution < 1.29 is 19.1 Å². The number of likely N-dealkylation sites (N-methyl/N-ethyl adjacent to an activating group) is 1. The number of ether oxygens (including phenoxy) is 1. The smallest absolute Gasteiger partial charge is 0.325 e. The van der Waals surface area contributed by atoms with Crippen molar-refractivity contribution in [1.29, 1.82) is 0 Å². The number of nitrogens with one attached hydrogen (secondary N) is 1. The molecular weight excluding hydrogens is 382 g/mol. The Morgan fingerprint density at radius 3 is 2.71 bits per heavy atom. The number of carbonyl (C=O) groups excluding carboxylic acids is 3. The normalized spacial score (nSPS) is 24.4. The highest BCUT2D eigenvalue weighted by Gasteiger charge is 2.55. The van der Waals surface area contributed by atoms with Crippen molar-refractivity contribution in [2.24, 2.45) is 5.92 Å². The standard InChI is InChI=1S/C20H26ClN3O4/c1-14-5-3-4-10-20(14)18(26)24(19(27)22-20)13-17(25)23(2)11-12-28-16-8-6-15(21)7-9-16/h6-9,14H,3-5,10-13H2,1-2H3,(H,22,27)/t14-,20+/m0/s1. The Labute approximate surface area is 169 Å². The van der Waals surface area contributed by atoms with E-state index < -0.39 is 11.6 Å². The number of hydrogen-bond acceptors (Lipinski definition) is 4. The first kappa shape index (κ1) is 20.5. The van der Waals surface area contributed by atoms with Crippen LogP contribution in [-0.4, -0.2) is 59.9 Å². The molecule has 0 unspecified atom stereocenters.